The van der Waals surface area contributed by atoms with Crippen LogP contribution in [0, 0.1) is 6.92 Å². The second-order valence-corrected chi connectivity index (χ2v) is 3.30. The highest BCUT2D eigenvalue weighted by molar-refractivity contribution is 5.23. The molecule has 2 atom stereocenters. The Morgan fingerprint density at radius 1 is 1.36 bits per heavy atom. The number of azide groups is 1. The van der Waals surface area contributed by atoms with Gasteiger partial charge in [0.15, 0.2) is 0 Å². The Labute approximate surface area is 82.8 Å². The van der Waals surface area contributed by atoms with Gasteiger partial charge in [-0.1, -0.05) is 41.9 Å². The molecule has 1 N–H and O–H groups in total. The van der Waals surface area contributed by atoms with Crippen molar-refractivity contribution in [3.8, 4) is 0 Å². The van der Waals surface area contributed by atoms with Crippen LogP contribution in [0.25, 0.3) is 10.4 Å². The fourth-order valence-corrected chi connectivity index (χ4v) is 1.19. The Hall–Kier alpha value is -1.51. The molecule has 1 aromatic rings. The monoisotopic (exact) mass is 191 g/mol. The first-order valence-corrected chi connectivity index (χ1v) is 4.44. The lowest BCUT2D eigenvalue weighted by atomic mass is 10.0. The molecule has 0 amide bonds. The number of nitrogens with zero attached hydrogens (tertiary/aromatic N) is 3. The summed E-state index contributed by atoms with van der Waals surface area (Å²) in [6.07, 6.45) is -0.730. The van der Waals surface area contributed by atoms with E-state index in [-0.39, 0.29) is 0 Å². The molecular formula is C10H13N3O. The van der Waals surface area contributed by atoms with E-state index in [1.807, 2.05) is 31.2 Å². The molecule has 1 rings (SSSR count). The Bertz CT molecular complexity index is 341. The van der Waals surface area contributed by atoms with Gasteiger partial charge in [-0.3, -0.25) is 0 Å². The van der Waals surface area contributed by atoms with Crippen molar-refractivity contribution in [3.05, 3.63) is 45.8 Å². The summed E-state index contributed by atoms with van der Waals surface area (Å²) in [5.41, 5.74) is 10.1. The molecule has 0 bridgehead atoms. The molecule has 1 aromatic carbocycles. The lowest BCUT2D eigenvalue weighted by molar-refractivity contribution is 0.153. The van der Waals surface area contributed by atoms with Gasteiger partial charge in [-0.25, -0.2) is 0 Å². The van der Waals surface area contributed by atoms with E-state index < -0.39 is 12.1 Å². The summed E-state index contributed by atoms with van der Waals surface area (Å²) in [6, 6.07) is 7.07. The Morgan fingerprint density at radius 3 is 2.43 bits per heavy atom. The van der Waals surface area contributed by atoms with Gasteiger partial charge in [0, 0.05) is 4.91 Å². The molecule has 0 aromatic heterocycles. The van der Waals surface area contributed by atoms with Gasteiger partial charge >= 0.3 is 0 Å². The second kappa shape index (κ2) is 4.65. The van der Waals surface area contributed by atoms with Crippen molar-refractivity contribution in [2.24, 2.45) is 5.11 Å². The number of aryl methyl sites for hydroxylation is 1. The summed E-state index contributed by atoms with van der Waals surface area (Å²) < 4.78 is 0. The molecule has 14 heavy (non-hydrogen) atoms. The molecule has 0 aliphatic rings. The van der Waals surface area contributed by atoms with Gasteiger partial charge in [0.05, 0.1) is 12.1 Å². The van der Waals surface area contributed by atoms with E-state index in [9.17, 15) is 5.11 Å². The van der Waals surface area contributed by atoms with Crippen LogP contribution in [0.15, 0.2) is 29.4 Å². The first-order chi connectivity index (χ1) is 6.65. The number of rotatable bonds is 3. The maximum Gasteiger partial charge on any atom is 0.0872 e. The first-order valence-electron chi connectivity index (χ1n) is 4.44. The van der Waals surface area contributed by atoms with Crippen molar-refractivity contribution < 1.29 is 5.11 Å². The van der Waals surface area contributed by atoms with Crippen LogP contribution >= 0.6 is 0 Å². The van der Waals surface area contributed by atoms with Gasteiger partial charge in [0.25, 0.3) is 0 Å². The summed E-state index contributed by atoms with van der Waals surface area (Å²) in [5, 5.41) is 13.2. The van der Waals surface area contributed by atoms with Gasteiger partial charge in [-0.05, 0) is 18.0 Å². The van der Waals surface area contributed by atoms with Crippen LogP contribution in [0.3, 0.4) is 0 Å². The highest BCUT2D eigenvalue weighted by Crippen LogP contribution is 2.19. The molecular weight excluding hydrogens is 178 g/mol. The van der Waals surface area contributed by atoms with Crippen LogP contribution in [-0.2, 0) is 0 Å². The molecule has 4 nitrogen and oxygen atoms in total. The van der Waals surface area contributed by atoms with E-state index in [0.717, 1.165) is 11.1 Å². The van der Waals surface area contributed by atoms with Gasteiger partial charge in [0.1, 0.15) is 0 Å². The molecule has 0 spiro atoms. The minimum absolute atomic E-state index is 0.442. The molecule has 0 aliphatic heterocycles. The van der Waals surface area contributed by atoms with Crippen molar-refractivity contribution in [2.75, 3.05) is 0 Å². The van der Waals surface area contributed by atoms with E-state index in [2.05, 4.69) is 10.0 Å². The average Bonchev–Trinajstić information content (AvgIpc) is 2.18. The van der Waals surface area contributed by atoms with Crippen molar-refractivity contribution >= 4 is 0 Å². The molecule has 0 radical (unpaired) electrons. The molecule has 2 unspecified atom stereocenters. The smallest absolute Gasteiger partial charge is 0.0872 e. The highest BCUT2D eigenvalue weighted by atomic mass is 16.3. The third kappa shape index (κ3) is 2.49. The largest absolute Gasteiger partial charge is 0.388 e. The fourth-order valence-electron chi connectivity index (χ4n) is 1.19. The summed E-state index contributed by atoms with van der Waals surface area (Å²) in [7, 11) is 0. The standard InChI is InChI=1S/C10H13N3O/c1-7-3-5-9(6-4-7)10(14)8(2)12-13-11/h3-6,8,10,14H,1-2H3. The highest BCUT2D eigenvalue weighted by Gasteiger charge is 2.13. The molecule has 0 aliphatic carbocycles. The van der Waals surface area contributed by atoms with Crippen LogP contribution in [0.2, 0.25) is 0 Å². The van der Waals surface area contributed by atoms with Crippen molar-refractivity contribution in [1.82, 2.24) is 0 Å². The second-order valence-electron chi connectivity index (χ2n) is 3.30. The SMILES string of the molecule is Cc1ccc(C(O)C(C)N=[N+]=[N-])cc1. The zero-order valence-electron chi connectivity index (χ0n) is 8.25. The lowest BCUT2D eigenvalue weighted by Gasteiger charge is -2.14. The van der Waals surface area contributed by atoms with Crippen LogP contribution in [-0.4, -0.2) is 11.1 Å². The molecule has 0 heterocycles. The summed E-state index contributed by atoms with van der Waals surface area (Å²) in [6.45, 7) is 3.66. The summed E-state index contributed by atoms with van der Waals surface area (Å²) in [5.74, 6) is 0. The maximum atomic E-state index is 9.75. The summed E-state index contributed by atoms with van der Waals surface area (Å²) in [4.78, 5) is 2.66. The Kier molecular flexibility index (Phi) is 3.51. The van der Waals surface area contributed by atoms with Crippen LogP contribution in [0.5, 0.6) is 0 Å². The van der Waals surface area contributed by atoms with E-state index in [1.165, 1.54) is 0 Å². The molecule has 74 valence electrons. The lowest BCUT2D eigenvalue weighted by Crippen LogP contribution is -2.11. The van der Waals surface area contributed by atoms with Gasteiger partial charge in [0.2, 0.25) is 0 Å². The zero-order valence-corrected chi connectivity index (χ0v) is 8.25. The van der Waals surface area contributed by atoms with Crippen LogP contribution < -0.4 is 0 Å². The molecule has 0 saturated carbocycles. The van der Waals surface area contributed by atoms with E-state index >= 15 is 0 Å². The third-order valence-electron chi connectivity index (χ3n) is 2.11. The van der Waals surface area contributed by atoms with Crippen molar-refractivity contribution in [3.63, 3.8) is 0 Å². The van der Waals surface area contributed by atoms with E-state index in [0.29, 0.717) is 0 Å². The normalized spacial score (nSPS) is 14.2. The fraction of sp³-hybridized carbons (Fsp3) is 0.400. The van der Waals surface area contributed by atoms with Gasteiger partial charge in [-0.2, -0.15) is 0 Å². The van der Waals surface area contributed by atoms with Gasteiger partial charge < -0.3 is 5.11 Å². The number of hydrogen-bond acceptors (Lipinski definition) is 2. The number of benzene rings is 1. The Morgan fingerprint density at radius 2 is 1.93 bits per heavy atom. The first kappa shape index (κ1) is 10.6. The van der Waals surface area contributed by atoms with E-state index in [1.54, 1.807) is 6.92 Å². The van der Waals surface area contributed by atoms with Crippen LogP contribution in [0.1, 0.15) is 24.2 Å². The summed E-state index contributed by atoms with van der Waals surface area (Å²) >= 11 is 0. The van der Waals surface area contributed by atoms with Crippen molar-refractivity contribution in [1.29, 1.82) is 0 Å². The maximum absolute atomic E-state index is 9.75. The predicted octanol–water partition coefficient (Wildman–Crippen LogP) is 2.73. The minimum atomic E-state index is -0.730. The predicted molar refractivity (Wildman–Crippen MR) is 54.7 cm³/mol. The van der Waals surface area contributed by atoms with Crippen LogP contribution in [0.4, 0.5) is 0 Å². The minimum Gasteiger partial charge on any atom is -0.388 e. The topological polar surface area (TPSA) is 69.0 Å². The number of aliphatic hydroxyl groups excluding tert-OH is 1. The molecule has 0 saturated heterocycles. The zero-order chi connectivity index (χ0) is 10.6. The number of aliphatic hydroxyl groups is 1. The quantitative estimate of drug-likeness (QED) is 0.445. The average molecular weight is 191 g/mol. The molecule has 0 fully saturated rings. The third-order valence-corrected chi connectivity index (χ3v) is 2.11. The molecule has 4 heteroatoms. The van der Waals surface area contributed by atoms with E-state index in [4.69, 9.17) is 5.53 Å². The number of hydrogen-bond donors (Lipinski definition) is 1. The Balaban J connectivity index is 2.83. The van der Waals surface area contributed by atoms with Crippen molar-refractivity contribution in [2.45, 2.75) is 26.0 Å². The van der Waals surface area contributed by atoms with Gasteiger partial charge in [-0.15, -0.1) is 0 Å².